The minimum absolute atomic E-state index is 0. The number of hydrogen-bond donors (Lipinski definition) is 0. The molecular formula is C15H22BO2Y-. The minimum atomic E-state index is -0.309. The van der Waals surface area contributed by atoms with Gasteiger partial charge in [0.1, 0.15) is 0 Å². The second-order valence-corrected chi connectivity index (χ2v) is 6.32. The second-order valence-electron chi connectivity index (χ2n) is 6.32. The predicted octanol–water partition coefficient (Wildman–Crippen LogP) is 2.91. The molecule has 0 unspecified atom stereocenters. The van der Waals surface area contributed by atoms with Gasteiger partial charge in [-0.05, 0) is 27.7 Å². The Morgan fingerprint density at radius 3 is 1.95 bits per heavy atom. The first-order chi connectivity index (χ1) is 8.23. The van der Waals surface area contributed by atoms with E-state index in [1.54, 1.807) is 0 Å². The fraction of sp³-hybridized carbons (Fsp3) is 0.600. The molecule has 0 atom stereocenters. The molecule has 0 amide bonds. The van der Waals surface area contributed by atoms with Gasteiger partial charge in [0.2, 0.25) is 0 Å². The molecule has 1 aromatic rings. The van der Waals surface area contributed by atoms with Gasteiger partial charge in [-0.2, -0.15) is 29.8 Å². The molecule has 19 heavy (non-hydrogen) atoms. The third kappa shape index (κ3) is 3.50. The van der Waals surface area contributed by atoms with Crippen LogP contribution in [0.4, 0.5) is 0 Å². The molecule has 1 saturated heterocycles. The van der Waals surface area contributed by atoms with Crippen LogP contribution in [0.2, 0.25) is 0 Å². The van der Waals surface area contributed by atoms with Crippen LogP contribution in [-0.2, 0) is 42.0 Å². The Balaban J connectivity index is 0.00000180. The van der Waals surface area contributed by atoms with Crippen LogP contribution in [0.15, 0.2) is 18.2 Å². The molecule has 0 aromatic heterocycles. The molecule has 4 heteroatoms. The van der Waals surface area contributed by atoms with Crippen molar-refractivity contribution in [3.05, 3.63) is 29.8 Å². The van der Waals surface area contributed by atoms with Crippen LogP contribution < -0.4 is 5.46 Å². The van der Waals surface area contributed by atoms with Crippen LogP contribution >= 0.6 is 0 Å². The molecule has 0 bridgehead atoms. The van der Waals surface area contributed by atoms with Crippen LogP contribution in [0.1, 0.15) is 53.0 Å². The second kappa shape index (κ2) is 5.97. The standard InChI is InChI=1S/C15H22BO2.Y/c1-11(2)12-7-9-13(10-8-12)16-17-14(3,4)15(5,6)18-16;/h7-9,11H,1-6H3;/q-1;. The van der Waals surface area contributed by atoms with Crippen LogP contribution in [0.5, 0.6) is 0 Å². The van der Waals surface area contributed by atoms with Crippen molar-refractivity contribution in [2.45, 2.75) is 58.7 Å². The third-order valence-corrected chi connectivity index (χ3v) is 4.03. The van der Waals surface area contributed by atoms with E-state index in [4.69, 9.17) is 9.31 Å². The molecular weight excluding hydrogens is 312 g/mol. The van der Waals surface area contributed by atoms with E-state index in [2.05, 4.69) is 59.7 Å². The Labute approximate surface area is 142 Å². The molecule has 1 radical (unpaired) electrons. The quantitative estimate of drug-likeness (QED) is 0.612. The van der Waals surface area contributed by atoms with E-state index in [1.165, 1.54) is 5.56 Å². The molecule has 0 N–H and O–H groups in total. The van der Waals surface area contributed by atoms with E-state index in [-0.39, 0.29) is 51.0 Å². The third-order valence-electron chi connectivity index (χ3n) is 4.03. The van der Waals surface area contributed by atoms with Gasteiger partial charge >= 0.3 is 7.12 Å². The van der Waals surface area contributed by atoms with Gasteiger partial charge in [0.15, 0.2) is 0 Å². The van der Waals surface area contributed by atoms with Crippen molar-refractivity contribution in [3.63, 3.8) is 0 Å². The van der Waals surface area contributed by atoms with E-state index in [0.29, 0.717) is 5.92 Å². The molecule has 0 spiro atoms. The van der Waals surface area contributed by atoms with Gasteiger partial charge in [-0.25, -0.2) is 0 Å². The Bertz CT molecular complexity index is 410. The Morgan fingerprint density at radius 2 is 1.58 bits per heavy atom. The smallest absolute Gasteiger partial charge is 0.401 e. The van der Waals surface area contributed by atoms with Gasteiger partial charge in [0, 0.05) is 32.7 Å². The zero-order chi connectivity index (χ0) is 13.6. The monoisotopic (exact) mass is 334 g/mol. The summed E-state index contributed by atoms with van der Waals surface area (Å²) in [5.41, 5.74) is 1.68. The summed E-state index contributed by atoms with van der Waals surface area (Å²) in [6, 6.07) is 9.50. The molecule has 1 aliphatic rings. The van der Waals surface area contributed by atoms with Crippen molar-refractivity contribution < 1.29 is 42.0 Å². The van der Waals surface area contributed by atoms with Crippen LogP contribution in [0.25, 0.3) is 0 Å². The number of rotatable bonds is 2. The first kappa shape index (κ1) is 17.4. The summed E-state index contributed by atoms with van der Waals surface area (Å²) >= 11 is 0. The van der Waals surface area contributed by atoms with Crippen molar-refractivity contribution in [1.29, 1.82) is 0 Å². The molecule has 1 heterocycles. The predicted molar refractivity (Wildman–Crippen MR) is 75.1 cm³/mol. The SMILES string of the molecule is CC(C)c1c[c-]c(B2OC(C)(C)C(C)(C)O2)cc1.[Y]. The number of benzene rings is 1. The maximum absolute atomic E-state index is 6.00. The first-order valence-electron chi connectivity index (χ1n) is 6.60. The Hall–Kier alpha value is 0.309. The van der Waals surface area contributed by atoms with Gasteiger partial charge in [0.05, 0.1) is 11.2 Å². The maximum atomic E-state index is 6.00. The fourth-order valence-corrected chi connectivity index (χ4v) is 1.92. The summed E-state index contributed by atoms with van der Waals surface area (Å²) in [6.45, 7) is 12.6. The summed E-state index contributed by atoms with van der Waals surface area (Å²) in [5.74, 6) is 0.522. The molecule has 0 aliphatic carbocycles. The van der Waals surface area contributed by atoms with Gasteiger partial charge < -0.3 is 9.31 Å². The van der Waals surface area contributed by atoms with Crippen LogP contribution in [0, 0.1) is 6.07 Å². The molecule has 0 saturated carbocycles. The normalized spacial score (nSPS) is 20.5. The van der Waals surface area contributed by atoms with Gasteiger partial charge in [0.25, 0.3) is 0 Å². The minimum Gasteiger partial charge on any atom is -0.401 e. The van der Waals surface area contributed by atoms with Crippen molar-refractivity contribution >= 4 is 12.6 Å². The van der Waals surface area contributed by atoms with Crippen LogP contribution in [0.3, 0.4) is 0 Å². The average Bonchev–Trinajstić information content (AvgIpc) is 2.48. The molecule has 1 fully saturated rings. The van der Waals surface area contributed by atoms with E-state index in [0.717, 1.165) is 5.46 Å². The van der Waals surface area contributed by atoms with Gasteiger partial charge in [-0.3, -0.25) is 0 Å². The first-order valence-corrected chi connectivity index (χ1v) is 6.60. The zero-order valence-corrected chi connectivity index (χ0v) is 15.6. The summed E-state index contributed by atoms with van der Waals surface area (Å²) in [5, 5.41) is 0. The van der Waals surface area contributed by atoms with Gasteiger partial charge in [-0.15, -0.1) is 5.46 Å². The van der Waals surface area contributed by atoms with E-state index < -0.39 is 0 Å². The molecule has 2 rings (SSSR count). The Morgan fingerprint density at radius 1 is 1.05 bits per heavy atom. The van der Waals surface area contributed by atoms with Crippen molar-refractivity contribution in [2.24, 2.45) is 0 Å². The number of hydrogen-bond acceptors (Lipinski definition) is 2. The zero-order valence-electron chi connectivity index (χ0n) is 12.8. The largest absolute Gasteiger partial charge is 0.468 e. The summed E-state index contributed by atoms with van der Waals surface area (Å²) in [7, 11) is -0.309. The average molecular weight is 334 g/mol. The molecule has 2 nitrogen and oxygen atoms in total. The van der Waals surface area contributed by atoms with E-state index in [9.17, 15) is 0 Å². The van der Waals surface area contributed by atoms with E-state index in [1.807, 2.05) is 6.07 Å². The molecule has 1 aromatic carbocycles. The summed E-state index contributed by atoms with van der Waals surface area (Å²) < 4.78 is 12.0. The maximum Gasteiger partial charge on any atom is 0.468 e. The van der Waals surface area contributed by atoms with Gasteiger partial charge in [-0.1, -0.05) is 19.8 Å². The van der Waals surface area contributed by atoms with Crippen molar-refractivity contribution in [3.8, 4) is 0 Å². The van der Waals surface area contributed by atoms with Crippen molar-refractivity contribution in [2.75, 3.05) is 0 Å². The Kier molecular flexibility index (Phi) is 5.46. The fourth-order valence-electron chi connectivity index (χ4n) is 1.92. The molecule has 101 valence electrons. The van der Waals surface area contributed by atoms with E-state index >= 15 is 0 Å². The summed E-state index contributed by atoms with van der Waals surface area (Å²) in [4.78, 5) is 0. The van der Waals surface area contributed by atoms with Crippen molar-refractivity contribution in [1.82, 2.24) is 0 Å². The topological polar surface area (TPSA) is 18.5 Å². The summed E-state index contributed by atoms with van der Waals surface area (Å²) in [6.07, 6.45) is 0. The van der Waals surface area contributed by atoms with Crippen LogP contribution in [-0.4, -0.2) is 18.3 Å². The molecule has 1 aliphatic heterocycles.